The van der Waals surface area contributed by atoms with Gasteiger partial charge in [0.2, 0.25) is 10.0 Å². The molecule has 0 heterocycles. The second kappa shape index (κ2) is 6.43. The zero-order valence-corrected chi connectivity index (χ0v) is 13.7. The lowest BCUT2D eigenvalue weighted by molar-refractivity contribution is 0.373. The van der Waals surface area contributed by atoms with Crippen LogP contribution >= 0.6 is 15.9 Å². The predicted octanol–water partition coefficient (Wildman–Crippen LogP) is 2.01. The van der Waals surface area contributed by atoms with Gasteiger partial charge in [-0.25, -0.2) is 13.1 Å². The molecule has 0 atom stereocenters. The molecule has 0 radical (unpaired) electrons. The first kappa shape index (κ1) is 15.8. The van der Waals surface area contributed by atoms with Crippen molar-refractivity contribution in [1.29, 1.82) is 0 Å². The van der Waals surface area contributed by atoms with Gasteiger partial charge in [0.15, 0.2) is 0 Å². The SMILES string of the molecule is COc1ccc(Br)c(S(=O)(=O)NC2CCC(N)CC2)c1. The van der Waals surface area contributed by atoms with Gasteiger partial charge in [0, 0.05) is 22.6 Å². The van der Waals surface area contributed by atoms with E-state index in [1.54, 1.807) is 12.1 Å². The largest absolute Gasteiger partial charge is 0.497 e. The average molecular weight is 363 g/mol. The van der Waals surface area contributed by atoms with Gasteiger partial charge in [0.05, 0.1) is 12.0 Å². The number of halogens is 1. The van der Waals surface area contributed by atoms with Crippen molar-refractivity contribution in [2.75, 3.05) is 7.11 Å². The Hall–Kier alpha value is -0.630. The van der Waals surface area contributed by atoms with Crippen LogP contribution in [0.25, 0.3) is 0 Å². The van der Waals surface area contributed by atoms with Crippen molar-refractivity contribution < 1.29 is 13.2 Å². The van der Waals surface area contributed by atoms with Crippen LogP contribution in [0, 0.1) is 0 Å². The molecule has 0 aliphatic heterocycles. The van der Waals surface area contributed by atoms with Crippen molar-refractivity contribution in [3.8, 4) is 5.75 Å². The summed E-state index contributed by atoms with van der Waals surface area (Å²) in [7, 11) is -2.05. The van der Waals surface area contributed by atoms with Gasteiger partial charge < -0.3 is 10.5 Å². The van der Waals surface area contributed by atoms with Gasteiger partial charge in [-0.3, -0.25) is 0 Å². The molecule has 0 spiro atoms. The van der Waals surface area contributed by atoms with Crippen LogP contribution in [0.4, 0.5) is 0 Å². The lowest BCUT2D eigenvalue weighted by Gasteiger charge is -2.26. The fourth-order valence-corrected chi connectivity index (χ4v) is 4.62. The molecule has 1 aliphatic rings. The van der Waals surface area contributed by atoms with Gasteiger partial charge in [0.25, 0.3) is 0 Å². The topological polar surface area (TPSA) is 81.4 Å². The summed E-state index contributed by atoms with van der Waals surface area (Å²) >= 11 is 3.28. The van der Waals surface area contributed by atoms with E-state index >= 15 is 0 Å². The minimum absolute atomic E-state index is 0.0436. The third kappa shape index (κ3) is 3.72. The predicted molar refractivity (Wildman–Crippen MR) is 81.2 cm³/mol. The highest BCUT2D eigenvalue weighted by Crippen LogP contribution is 2.27. The number of methoxy groups -OCH3 is 1. The van der Waals surface area contributed by atoms with Gasteiger partial charge >= 0.3 is 0 Å². The summed E-state index contributed by atoms with van der Waals surface area (Å²) in [6, 6.07) is 5.05. The van der Waals surface area contributed by atoms with Gasteiger partial charge in [-0.05, 0) is 53.7 Å². The standard InChI is InChI=1S/C13H19BrN2O3S/c1-19-11-6-7-12(14)13(8-11)20(17,18)16-10-4-2-9(15)3-5-10/h6-10,16H,2-5,15H2,1H3. The van der Waals surface area contributed by atoms with E-state index in [0.717, 1.165) is 25.7 Å². The molecule has 0 unspecified atom stereocenters. The lowest BCUT2D eigenvalue weighted by atomic mass is 9.93. The Labute approximate surface area is 128 Å². The van der Waals surface area contributed by atoms with E-state index < -0.39 is 10.0 Å². The molecule has 20 heavy (non-hydrogen) atoms. The van der Waals surface area contributed by atoms with Crippen molar-refractivity contribution in [2.45, 2.75) is 42.7 Å². The number of rotatable bonds is 4. The summed E-state index contributed by atoms with van der Waals surface area (Å²) in [6.45, 7) is 0. The van der Waals surface area contributed by atoms with E-state index in [1.807, 2.05) is 0 Å². The van der Waals surface area contributed by atoms with Crippen LogP contribution in [-0.4, -0.2) is 27.6 Å². The highest BCUT2D eigenvalue weighted by atomic mass is 79.9. The first-order valence-electron chi connectivity index (χ1n) is 6.54. The molecule has 0 bridgehead atoms. The van der Waals surface area contributed by atoms with Gasteiger partial charge in [-0.15, -0.1) is 0 Å². The Morgan fingerprint density at radius 2 is 1.95 bits per heavy atom. The quantitative estimate of drug-likeness (QED) is 0.858. The Balaban J connectivity index is 2.18. The maximum atomic E-state index is 12.4. The fraction of sp³-hybridized carbons (Fsp3) is 0.538. The molecule has 0 amide bonds. The summed E-state index contributed by atoms with van der Waals surface area (Å²) in [5, 5.41) is 0. The smallest absolute Gasteiger partial charge is 0.242 e. The summed E-state index contributed by atoms with van der Waals surface area (Å²) in [6.07, 6.45) is 3.27. The third-order valence-electron chi connectivity index (χ3n) is 3.52. The molecule has 1 aromatic rings. The van der Waals surface area contributed by atoms with Crippen LogP contribution in [0.5, 0.6) is 5.75 Å². The molecule has 7 heteroatoms. The Morgan fingerprint density at radius 1 is 1.30 bits per heavy atom. The first-order valence-corrected chi connectivity index (χ1v) is 8.81. The highest BCUT2D eigenvalue weighted by Gasteiger charge is 2.26. The second-order valence-electron chi connectivity index (χ2n) is 5.03. The van der Waals surface area contributed by atoms with Gasteiger partial charge in [-0.1, -0.05) is 0 Å². The van der Waals surface area contributed by atoms with Crippen LogP contribution in [0.2, 0.25) is 0 Å². The van der Waals surface area contributed by atoms with Crippen LogP contribution in [0.1, 0.15) is 25.7 Å². The Bertz CT molecular complexity index is 569. The number of hydrogen-bond donors (Lipinski definition) is 2. The third-order valence-corrected chi connectivity index (χ3v) is 6.04. The second-order valence-corrected chi connectivity index (χ2v) is 7.57. The molecule has 0 saturated heterocycles. The molecular weight excluding hydrogens is 344 g/mol. The van der Waals surface area contributed by atoms with Crippen LogP contribution in [0.15, 0.2) is 27.6 Å². The van der Waals surface area contributed by atoms with E-state index in [-0.39, 0.29) is 17.0 Å². The van der Waals surface area contributed by atoms with Crippen molar-refractivity contribution in [2.24, 2.45) is 5.73 Å². The zero-order chi connectivity index (χ0) is 14.8. The monoisotopic (exact) mass is 362 g/mol. The van der Waals surface area contributed by atoms with Gasteiger partial charge in [-0.2, -0.15) is 0 Å². The summed E-state index contributed by atoms with van der Waals surface area (Å²) in [5.74, 6) is 0.513. The van der Waals surface area contributed by atoms with Crippen LogP contribution in [-0.2, 0) is 10.0 Å². The van der Waals surface area contributed by atoms with E-state index in [1.165, 1.54) is 13.2 Å². The Morgan fingerprint density at radius 3 is 2.55 bits per heavy atom. The number of nitrogens with one attached hydrogen (secondary N) is 1. The van der Waals surface area contributed by atoms with E-state index in [2.05, 4.69) is 20.7 Å². The Kier molecular flexibility index (Phi) is 5.06. The minimum Gasteiger partial charge on any atom is -0.497 e. The maximum absolute atomic E-state index is 12.4. The molecule has 1 aromatic carbocycles. The lowest BCUT2D eigenvalue weighted by Crippen LogP contribution is -2.40. The van der Waals surface area contributed by atoms with Crippen molar-refractivity contribution in [3.63, 3.8) is 0 Å². The molecular formula is C13H19BrN2O3S. The number of ether oxygens (including phenoxy) is 1. The molecule has 112 valence electrons. The molecule has 0 aromatic heterocycles. The highest BCUT2D eigenvalue weighted by molar-refractivity contribution is 9.10. The molecule has 1 fully saturated rings. The van der Waals surface area contributed by atoms with E-state index in [0.29, 0.717) is 10.2 Å². The summed E-state index contributed by atoms with van der Waals surface area (Å²) in [5.41, 5.74) is 5.83. The number of benzene rings is 1. The van der Waals surface area contributed by atoms with Crippen molar-refractivity contribution in [3.05, 3.63) is 22.7 Å². The maximum Gasteiger partial charge on any atom is 0.242 e. The number of hydrogen-bond acceptors (Lipinski definition) is 4. The summed E-state index contributed by atoms with van der Waals surface area (Å²) in [4.78, 5) is 0.201. The molecule has 3 N–H and O–H groups in total. The number of sulfonamides is 1. The minimum atomic E-state index is -3.56. The normalized spacial score (nSPS) is 23.6. The van der Waals surface area contributed by atoms with E-state index in [4.69, 9.17) is 10.5 Å². The number of nitrogens with two attached hydrogens (primary N) is 1. The molecule has 1 saturated carbocycles. The molecule has 1 aliphatic carbocycles. The van der Waals surface area contributed by atoms with Gasteiger partial charge in [0.1, 0.15) is 5.75 Å². The van der Waals surface area contributed by atoms with Crippen LogP contribution in [0.3, 0.4) is 0 Å². The van der Waals surface area contributed by atoms with E-state index in [9.17, 15) is 8.42 Å². The van der Waals surface area contributed by atoms with Crippen molar-refractivity contribution >= 4 is 26.0 Å². The average Bonchev–Trinajstić information content (AvgIpc) is 2.41. The van der Waals surface area contributed by atoms with Crippen LogP contribution < -0.4 is 15.2 Å². The van der Waals surface area contributed by atoms with Crippen molar-refractivity contribution in [1.82, 2.24) is 4.72 Å². The summed E-state index contributed by atoms with van der Waals surface area (Å²) < 4.78 is 33.2. The fourth-order valence-electron chi connectivity index (χ4n) is 2.34. The molecule has 2 rings (SSSR count). The first-order chi connectivity index (χ1) is 9.42. The molecule has 5 nitrogen and oxygen atoms in total. The zero-order valence-electron chi connectivity index (χ0n) is 11.3.